The van der Waals surface area contributed by atoms with Crippen molar-refractivity contribution in [2.45, 2.75) is 38.8 Å². The van der Waals surface area contributed by atoms with E-state index in [-0.39, 0.29) is 30.6 Å². The van der Waals surface area contributed by atoms with Gasteiger partial charge in [-0.3, -0.25) is 4.79 Å². The Bertz CT molecular complexity index is 634. The number of halogens is 2. The number of hydrogen-bond donors (Lipinski definition) is 2. The van der Waals surface area contributed by atoms with Crippen molar-refractivity contribution >= 4 is 12.0 Å². The second-order valence-electron chi connectivity index (χ2n) is 6.42. The molecule has 0 radical (unpaired) electrons. The highest BCUT2D eigenvalue weighted by Gasteiger charge is 2.25. The summed E-state index contributed by atoms with van der Waals surface area (Å²) in [6.45, 7) is 5.12. The van der Waals surface area contributed by atoms with E-state index in [0.29, 0.717) is 38.1 Å². The van der Waals surface area contributed by atoms with Gasteiger partial charge in [-0.1, -0.05) is 0 Å². The van der Waals surface area contributed by atoms with Gasteiger partial charge in [0.05, 0.1) is 6.61 Å². The third-order valence-electron chi connectivity index (χ3n) is 4.50. The largest absolute Gasteiger partial charge is 0.450 e. The molecule has 26 heavy (non-hydrogen) atoms. The number of benzene rings is 1. The summed E-state index contributed by atoms with van der Waals surface area (Å²) in [5.74, 6) is -1.38. The van der Waals surface area contributed by atoms with E-state index < -0.39 is 11.6 Å². The number of carbonyl (C=O) groups is 2. The molecule has 1 fully saturated rings. The first-order valence-corrected chi connectivity index (χ1v) is 8.90. The van der Waals surface area contributed by atoms with Crippen molar-refractivity contribution in [3.05, 3.63) is 35.4 Å². The van der Waals surface area contributed by atoms with E-state index in [9.17, 15) is 18.4 Å². The van der Waals surface area contributed by atoms with Crippen molar-refractivity contribution in [2.24, 2.45) is 0 Å². The molecule has 1 aromatic carbocycles. The maximum atomic E-state index is 13.8. The van der Waals surface area contributed by atoms with Gasteiger partial charge in [-0.15, -0.1) is 0 Å². The average molecular weight is 370 g/mol. The SMILES string of the molecule is CCOC(=O)N1CCC(NC(=O)C[NH2+][C@H](C)c2ccc(F)cc2F)CC1. The highest BCUT2D eigenvalue weighted by molar-refractivity contribution is 5.77. The van der Waals surface area contributed by atoms with Crippen molar-refractivity contribution in [1.29, 1.82) is 0 Å². The molecular weight excluding hydrogens is 344 g/mol. The summed E-state index contributed by atoms with van der Waals surface area (Å²) in [5, 5.41) is 4.65. The number of carbonyl (C=O) groups excluding carboxylic acids is 2. The average Bonchev–Trinajstić information content (AvgIpc) is 2.60. The molecule has 8 heteroatoms. The van der Waals surface area contributed by atoms with Crippen LogP contribution in [-0.2, 0) is 9.53 Å². The van der Waals surface area contributed by atoms with Gasteiger partial charge < -0.3 is 20.3 Å². The second kappa shape index (κ2) is 9.47. The summed E-state index contributed by atoms with van der Waals surface area (Å²) < 4.78 is 31.7. The number of quaternary nitrogens is 1. The molecule has 2 amide bonds. The van der Waals surface area contributed by atoms with Gasteiger partial charge in [-0.05, 0) is 38.8 Å². The van der Waals surface area contributed by atoms with Crippen LogP contribution in [0.3, 0.4) is 0 Å². The predicted molar refractivity (Wildman–Crippen MR) is 91.3 cm³/mol. The molecule has 1 aliphatic rings. The van der Waals surface area contributed by atoms with Crippen molar-refractivity contribution in [3.8, 4) is 0 Å². The first-order valence-electron chi connectivity index (χ1n) is 8.90. The normalized spacial score (nSPS) is 16.2. The van der Waals surface area contributed by atoms with E-state index in [2.05, 4.69) is 5.32 Å². The number of nitrogens with two attached hydrogens (primary N) is 1. The summed E-state index contributed by atoms with van der Waals surface area (Å²) in [4.78, 5) is 25.4. The summed E-state index contributed by atoms with van der Waals surface area (Å²) in [7, 11) is 0. The minimum atomic E-state index is -0.620. The van der Waals surface area contributed by atoms with Crippen LogP contribution in [0.2, 0.25) is 0 Å². The monoisotopic (exact) mass is 370 g/mol. The van der Waals surface area contributed by atoms with Crippen molar-refractivity contribution < 1.29 is 28.4 Å². The highest BCUT2D eigenvalue weighted by Crippen LogP contribution is 2.15. The number of nitrogens with zero attached hydrogens (tertiary/aromatic N) is 1. The van der Waals surface area contributed by atoms with Crippen LogP contribution in [0, 0.1) is 11.6 Å². The molecule has 0 bridgehead atoms. The Morgan fingerprint density at radius 3 is 2.65 bits per heavy atom. The van der Waals surface area contributed by atoms with Crippen LogP contribution in [0.25, 0.3) is 0 Å². The van der Waals surface area contributed by atoms with Crippen LogP contribution in [0.15, 0.2) is 18.2 Å². The Balaban J connectivity index is 1.73. The number of rotatable bonds is 6. The van der Waals surface area contributed by atoms with Gasteiger partial charge in [0.2, 0.25) is 0 Å². The first-order chi connectivity index (χ1) is 12.4. The lowest BCUT2D eigenvalue weighted by molar-refractivity contribution is -0.682. The molecule has 1 aromatic rings. The lowest BCUT2D eigenvalue weighted by Crippen LogP contribution is -2.87. The zero-order valence-electron chi connectivity index (χ0n) is 15.1. The molecule has 0 saturated carbocycles. The Hall–Kier alpha value is -2.22. The maximum absolute atomic E-state index is 13.8. The zero-order valence-corrected chi connectivity index (χ0v) is 15.1. The van der Waals surface area contributed by atoms with Gasteiger partial charge >= 0.3 is 6.09 Å². The summed E-state index contributed by atoms with van der Waals surface area (Å²) in [6, 6.07) is 3.16. The minimum Gasteiger partial charge on any atom is -0.450 e. The number of piperidine rings is 1. The molecule has 0 unspecified atom stereocenters. The lowest BCUT2D eigenvalue weighted by atomic mass is 10.1. The molecule has 0 aliphatic carbocycles. The number of nitrogens with one attached hydrogen (secondary N) is 1. The number of amides is 2. The molecular formula is C18H26F2N3O3+. The number of ether oxygens (including phenoxy) is 1. The second-order valence-corrected chi connectivity index (χ2v) is 6.42. The van der Waals surface area contributed by atoms with Crippen LogP contribution in [0.4, 0.5) is 13.6 Å². The molecule has 0 aromatic heterocycles. The molecule has 1 aliphatic heterocycles. The fourth-order valence-corrected chi connectivity index (χ4v) is 2.99. The zero-order chi connectivity index (χ0) is 19.1. The Kier molecular flexibility index (Phi) is 7.32. The quantitative estimate of drug-likeness (QED) is 0.793. The molecule has 144 valence electrons. The third-order valence-corrected chi connectivity index (χ3v) is 4.50. The fourth-order valence-electron chi connectivity index (χ4n) is 2.99. The predicted octanol–water partition coefficient (Wildman–Crippen LogP) is 1.33. The van der Waals surface area contributed by atoms with E-state index >= 15 is 0 Å². The van der Waals surface area contributed by atoms with Crippen molar-refractivity contribution in [3.63, 3.8) is 0 Å². The van der Waals surface area contributed by atoms with E-state index in [1.807, 2.05) is 0 Å². The molecule has 1 atom stereocenters. The van der Waals surface area contributed by atoms with Crippen molar-refractivity contribution in [1.82, 2.24) is 10.2 Å². The van der Waals surface area contributed by atoms with Gasteiger partial charge in [-0.25, -0.2) is 13.6 Å². The Labute approximate surface area is 151 Å². The van der Waals surface area contributed by atoms with E-state index in [1.54, 1.807) is 24.1 Å². The van der Waals surface area contributed by atoms with Crippen LogP contribution in [0.1, 0.15) is 38.3 Å². The molecule has 6 nitrogen and oxygen atoms in total. The fraction of sp³-hybridized carbons (Fsp3) is 0.556. The van der Waals surface area contributed by atoms with Gasteiger partial charge in [0.1, 0.15) is 17.7 Å². The van der Waals surface area contributed by atoms with Gasteiger partial charge in [0.25, 0.3) is 5.91 Å². The van der Waals surface area contributed by atoms with Crippen LogP contribution >= 0.6 is 0 Å². The molecule has 1 heterocycles. The standard InChI is InChI=1S/C18H25F2N3O3/c1-3-26-18(25)23-8-6-14(7-9-23)22-17(24)11-21-12(2)15-5-4-13(19)10-16(15)20/h4-5,10,12,14,21H,3,6-9,11H2,1-2H3,(H,22,24)/p+1/t12-/m1/s1. The molecule has 2 rings (SSSR count). The minimum absolute atomic E-state index is 0.0134. The number of likely N-dealkylation sites (tertiary alicyclic amines) is 1. The van der Waals surface area contributed by atoms with Gasteiger partial charge in [0.15, 0.2) is 6.54 Å². The van der Waals surface area contributed by atoms with Crippen LogP contribution in [-0.4, -0.2) is 49.2 Å². The topological polar surface area (TPSA) is 75.2 Å². The summed E-state index contributed by atoms with van der Waals surface area (Å²) in [5.41, 5.74) is 0.363. The van der Waals surface area contributed by atoms with Crippen LogP contribution in [0.5, 0.6) is 0 Å². The van der Waals surface area contributed by atoms with Crippen molar-refractivity contribution in [2.75, 3.05) is 26.2 Å². The first kappa shape index (κ1) is 20.1. The van der Waals surface area contributed by atoms with E-state index in [1.165, 1.54) is 12.1 Å². The van der Waals surface area contributed by atoms with Gasteiger partial charge in [0, 0.05) is 30.8 Å². The number of hydrogen-bond acceptors (Lipinski definition) is 3. The maximum Gasteiger partial charge on any atom is 0.409 e. The third kappa shape index (κ3) is 5.66. The Morgan fingerprint density at radius 2 is 2.04 bits per heavy atom. The lowest BCUT2D eigenvalue weighted by Gasteiger charge is -2.31. The summed E-state index contributed by atoms with van der Waals surface area (Å²) >= 11 is 0. The smallest absolute Gasteiger partial charge is 0.409 e. The highest BCUT2D eigenvalue weighted by atomic mass is 19.1. The van der Waals surface area contributed by atoms with Gasteiger partial charge in [-0.2, -0.15) is 0 Å². The molecule has 3 N–H and O–H groups in total. The van der Waals surface area contributed by atoms with Crippen LogP contribution < -0.4 is 10.6 Å². The molecule has 1 saturated heterocycles. The van der Waals surface area contributed by atoms with E-state index in [0.717, 1.165) is 6.07 Å². The molecule has 0 spiro atoms. The van der Waals surface area contributed by atoms with E-state index in [4.69, 9.17) is 4.74 Å². The summed E-state index contributed by atoms with van der Waals surface area (Å²) in [6.07, 6.45) is 1.03. The Morgan fingerprint density at radius 1 is 1.35 bits per heavy atom.